The first-order valence-electron chi connectivity index (χ1n) is 5.70. The van der Waals surface area contributed by atoms with Gasteiger partial charge in [0.1, 0.15) is 5.69 Å². The highest BCUT2D eigenvalue weighted by molar-refractivity contribution is 5.41. The quantitative estimate of drug-likeness (QED) is 0.379. The van der Waals surface area contributed by atoms with E-state index >= 15 is 0 Å². The van der Waals surface area contributed by atoms with E-state index in [0.717, 1.165) is 5.01 Å². The molecule has 0 unspecified atom stereocenters. The molecule has 9 heteroatoms. The zero-order valence-corrected chi connectivity index (χ0v) is 10.2. The molecule has 0 radical (unpaired) electrons. The molecular weight excluding hydrogens is 256 g/mol. The second kappa shape index (κ2) is 7.80. The van der Waals surface area contributed by atoms with Gasteiger partial charge in [-0.3, -0.25) is 4.98 Å². The van der Waals surface area contributed by atoms with Crippen LogP contribution in [0.1, 0.15) is 19.3 Å². The Morgan fingerprint density at radius 2 is 1.84 bits per heavy atom. The van der Waals surface area contributed by atoms with Crippen LogP contribution in [0.3, 0.4) is 0 Å². The minimum absolute atomic E-state index is 0.0146. The molecule has 104 valence electrons. The third-order valence-electron chi connectivity index (χ3n) is 2.37. The number of pyridine rings is 1. The molecule has 0 bridgehead atoms. The Bertz CT molecular complexity index is 414. The minimum Gasteiger partial charge on any atom is -0.314 e. The zero-order chi connectivity index (χ0) is 14.1. The highest BCUT2D eigenvalue weighted by Gasteiger charge is 2.15. The fraction of sp³-hybridized carbons (Fsp3) is 0.500. The highest BCUT2D eigenvalue weighted by Crippen LogP contribution is 2.13. The summed E-state index contributed by atoms with van der Waals surface area (Å²) in [6.07, 6.45) is 4.62. The van der Waals surface area contributed by atoms with E-state index in [1.807, 2.05) is 0 Å². The molecular formula is C10H14N4O5. The summed E-state index contributed by atoms with van der Waals surface area (Å²) in [5, 5.41) is 20.5. The minimum atomic E-state index is -0.847. The lowest BCUT2D eigenvalue weighted by molar-refractivity contribution is -0.757. The van der Waals surface area contributed by atoms with Crippen LogP contribution in [0.2, 0.25) is 0 Å². The molecule has 1 aromatic rings. The van der Waals surface area contributed by atoms with E-state index < -0.39 is 10.1 Å². The van der Waals surface area contributed by atoms with E-state index in [2.05, 4.69) is 9.82 Å². The van der Waals surface area contributed by atoms with Gasteiger partial charge in [0.05, 0.1) is 13.2 Å². The summed E-state index contributed by atoms with van der Waals surface area (Å²) in [7, 11) is 0. The molecule has 0 spiro atoms. The van der Waals surface area contributed by atoms with Crippen molar-refractivity contribution in [1.82, 2.24) is 4.98 Å². The molecule has 0 saturated heterocycles. The van der Waals surface area contributed by atoms with Crippen LogP contribution in [0.5, 0.6) is 0 Å². The summed E-state index contributed by atoms with van der Waals surface area (Å²) < 4.78 is 0. The Morgan fingerprint density at radius 3 is 2.42 bits per heavy atom. The van der Waals surface area contributed by atoms with Crippen molar-refractivity contribution in [2.75, 3.05) is 18.2 Å². The van der Waals surface area contributed by atoms with Crippen LogP contribution in [0.15, 0.2) is 24.5 Å². The predicted molar refractivity (Wildman–Crippen MR) is 65.4 cm³/mol. The number of hydrogen-bond donors (Lipinski definition) is 0. The van der Waals surface area contributed by atoms with Crippen molar-refractivity contribution >= 4 is 5.69 Å². The van der Waals surface area contributed by atoms with Crippen LogP contribution < -0.4 is 5.01 Å². The number of unbranched alkanes of at least 4 members (excludes halogenated alkanes) is 2. The number of hydrazine groups is 1. The van der Waals surface area contributed by atoms with Gasteiger partial charge in [0.25, 0.3) is 5.09 Å². The van der Waals surface area contributed by atoms with Gasteiger partial charge < -0.3 is 4.84 Å². The van der Waals surface area contributed by atoms with Crippen molar-refractivity contribution in [2.24, 2.45) is 0 Å². The topological polar surface area (TPSA) is 112 Å². The van der Waals surface area contributed by atoms with Gasteiger partial charge in [-0.2, -0.15) is 0 Å². The van der Waals surface area contributed by atoms with Crippen LogP contribution in [0.4, 0.5) is 5.69 Å². The van der Waals surface area contributed by atoms with E-state index in [1.165, 1.54) is 12.4 Å². The van der Waals surface area contributed by atoms with E-state index in [0.29, 0.717) is 24.9 Å². The van der Waals surface area contributed by atoms with E-state index in [4.69, 9.17) is 0 Å². The summed E-state index contributed by atoms with van der Waals surface area (Å²) in [5.74, 6) is 0. The molecule has 0 atom stereocenters. The molecule has 0 N–H and O–H groups in total. The third kappa shape index (κ3) is 5.61. The maximum atomic E-state index is 10.9. The Hall–Kier alpha value is -2.45. The lowest BCUT2D eigenvalue weighted by Gasteiger charge is -2.13. The van der Waals surface area contributed by atoms with Crippen LogP contribution in [-0.4, -0.2) is 28.3 Å². The maximum Gasteiger partial charge on any atom is 0.294 e. The van der Waals surface area contributed by atoms with Gasteiger partial charge in [0, 0.05) is 12.4 Å². The number of nitro groups is 1. The zero-order valence-electron chi connectivity index (χ0n) is 10.2. The summed E-state index contributed by atoms with van der Waals surface area (Å²) >= 11 is 0. The largest absolute Gasteiger partial charge is 0.314 e. The Labute approximate surface area is 109 Å². The fourth-order valence-corrected chi connectivity index (χ4v) is 1.50. The van der Waals surface area contributed by atoms with Crippen molar-refractivity contribution in [3.63, 3.8) is 0 Å². The average molecular weight is 270 g/mol. The Kier molecular flexibility index (Phi) is 5.99. The summed E-state index contributed by atoms with van der Waals surface area (Å²) in [6.45, 7) is 0.246. The van der Waals surface area contributed by atoms with E-state index in [-0.39, 0.29) is 13.2 Å². The molecule has 0 aromatic carbocycles. The molecule has 0 aliphatic carbocycles. The van der Waals surface area contributed by atoms with Crippen LogP contribution >= 0.6 is 0 Å². The van der Waals surface area contributed by atoms with Gasteiger partial charge in [0.2, 0.25) is 0 Å². The number of nitrogens with zero attached hydrogens (tertiary/aromatic N) is 4. The first-order valence-corrected chi connectivity index (χ1v) is 5.70. The SMILES string of the molecule is O=[N+]([O-])OCCCCCN(c1ccncc1)[N+](=O)[O-]. The number of hydrogen-bond acceptors (Lipinski definition) is 6. The molecule has 0 saturated carbocycles. The molecule has 1 rings (SSSR count). The first kappa shape index (κ1) is 14.6. The van der Waals surface area contributed by atoms with E-state index in [1.54, 1.807) is 12.1 Å². The monoisotopic (exact) mass is 270 g/mol. The van der Waals surface area contributed by atoms with Gasteiger partial charge in [-0.05, 0) is 31.4 Å². The first-order chi connectivity index (χ1) is 9.11. The number of aromatic nitrogens is 1. The van der Waals surface area contributed by atoms with Crippen molar-refractivity contribution in [3.05, 3.63) is 44.8 Å². The molecule has 1 aromatic heterocycles. The maximum absolute atomic E-state index is 10.9. The van der Waals surface area contributed by atoms with Gasteiger partial charge in [-0.15, -0.1) is 10.1 Å². The lowest BCUT2D eigenvalue weighted by atomic mass is 10.2. The second-order valence-corrected chi connectivity index (χ2v) is 3.68. The van der Waals surface area contributed by atoms with Crippen molar-refractivity contribution in [3.8, 4) is 0 Å². The molecule has 0 aliphatic rings. The molecule has 19 heavy (non-hydrogen) atoms. The molecule has 0 fully saturated rings. The average Bonchev–Trinajstić information content (AvgIpc) is 2.38. The van der Waals surface area contributed by atoms with Gasteiger partial charge in [0.15, 0.2) is 5.03 Å². The Morgan fingerprint density at radius 1 is 1.16 bits per heavy atom. The predicted octanol–water partition coefficient (Wildman–Crippen LogP) is 1.46. The normalized spacial score (nSPS) is 9.89. The molecule has 1 heterocycles. The summed E-state index contributed by atoms with van der Waals surface area (Å²) in [6, 6.07) is 3.11. The number of anilines is 1. The smallest absolute Gasteiger partial charge is 0.294 e. The van der Waals surface area contributed by atoms with Gasteiger partial charge in [-0.25, -0.2) is 10.1 Å². The van der Waals surface area contributed by atoms with Crippen LogP contribution in [0, 0.1) is 20.2 Å². The second-order valence-electron chi connectivity index (χ2n) is 3.68. The molecule has 0 aliphatic heterocycles. The fourth-order valence-electron chi connectivity index (χ4n) is 1.50. The van der Waals surface area contributed by atoms with Crippen molar-refractivity contribution in [2.45, 2.75) is 19.3 Å². The highest BCUT2D eigenvalue weighted by atomic mass is 16.9. The van der Waals surface area contributed by atoms with Crippen LogP contribution in [-0.2, 0) is 4.84 Å². The third-order valence-corrected chi connectivity index (χ3v) is 2.37. The van der Waals surface area contributed by atoms with Crippen molar-refractivity contribution < 1.29 is 15.0 Å². The summed E-state index contributed by atoms with van der Waals surface area (Å²) in [5.41, 5.74) is 0.460. The molecule has 0 amide bonds. The number of rotatable bonds is 9. The van der Waals surface area contributed by atoms with Crippen molar-refractivity contribution in [1.29, 1.82) is 0 Å². The molecule has 9 nitrogen and oxygen atoms in total. The van der Waals surface area contributed by atoms with Gasteiger partial charge in [-0.1, -0.05) is 5.01 Å². The lowest BCUT2D eigenvalue weighted by Crippen LogP contribution is -2.30. The van der Waals surface area contributed by atoms with Gasteiger partial charge >= 0.3 is 0 Å². The Balaban J connectivity index is 2.32. The van der Waals surface area contributed by atoms with E-state index in [9.17, 15) is 20.2 Å². The summed E-state index contributed by atoms with van der Waals surface area (Å²) in [4.78, 5) is 28.7. The standard InChI is InChI=1S/C10H14N4O5/c15-13(16)12(10-4-6-11-7-5-10)8-2-1-3-9-19-14(17)18/h4-7H,1-3,8-9H2. The van der Waals surface area contributed by atoms with Crippen LogP contribution in [0.25, 0.3) is 0 Å².